The highest BCUT2D eigenvalue weighted by Crippen LogP contribution is 1.91. The van der Waals surface area contributed by atoms with Gasteiger partial charge >= 0.3 is 5.97 Å². The summed E-state index contributed by atoms with van der Waals surface area (Å²) in [5.41, 5.74) is 0. The van der Waals surface area contributed by atoms with Crippen LogP contribution in [0, 0.1) is 0 Å². The molecule has 0 aliphatic heterocycles. The summed E-state index contributed by atoms with van der Waals surface area (Å²) in [5.74, 6) is -0.419. The molecule has 0 heterocycles. The van der Waals surface area contributed by atoms with Gasteiger partial charge in [0, 0.05) is 6.92 Å². The Labute approximate surface area is 53.3 Å². The maximum Gasteiger partial charge on any atom is 0.308 e. The predicted octanol–water partition coefficient (Wildman–Crippen LogP) is 0.652. The molecule has 0 radical (unpaired) electrons. The molecule has 0 saturated carbocycles. The van der Waals surface area contributed by atoms with Crippen molar-refractivity contribution in [2.24, 2.45) is 0 Å². The van der Waals surface area contributed by atoms with Crippen LogP contribution in [-0.2, 0) is 14.3 Å². The standard InChI is InChI=1S/C6H8O3/c1-3-6(4-7)9-5(2)8/h3-4H,1-2H3/b6-3-. The molecule has 0 amide bonds. The van der Waals surface area contributed by atoms with Crippen LogP contribution in [0.15, 0.2) is 11.8 Å². The molecule has 9 heavy (non-hydrogen) atoms. The van der Waals surface area contributed by atoms with Gasteiger partial charge in [-0.2, -0.15) is 0 Å². The second-order valence-electron chi connectivity index (χ2n) is 1.40. The summed E-state index contributed by atoms with van der Waals surface area (Å²) in [6.07, 6.45) is 1.91. The molecule has 0 unspecified atom stereocenters. The van der Waals surface area contributed by atoms with E-state index >= 15 is 0 Å². The Morgan fingerprint density at radius 3 is 2.22 bits per heavy atom. The van der Waals surface area contributed by atoms with Crippen LogP contribution < -0.4 is 0 Å². The van der Waals surface area contributed by atoms with Crippen LogP contribution in [0.4, 0.5) is 0 Å². The van der Waals surface area contributed by atoms with Crippen LogP contribution in [-0.4, -0.2) is 12.3 Å². The van der Waals surface area contributed by atoms with Crippen LogP contribution in [0.3, 0.4) is 0 Å². The van der Waals surface area contributed by atoms with Gasteiger partial charge in [0.2, 0.25) is 0 Å². The lowest BCUT2D eigenvalue weighted by atomic mass is 10.5. The van der Waals surface area contributed by atoms with Gasteiger partial charge in [0.25, 0.3) is 0 Å². The van der Waals surface area contributed by atoms with Gasteiger partial charge in [-0.1, -0.05) is 0 Å². The molecule has 50 valence electrons. The maximum atomic E-state index is 10.1. The zero-order chi connectivity index (χ0) is 7.28. The summed E-state index contributed by atoms with van der Waals surface area (Å²) in [6.45, 7) is 2.86. The van der Waals surface area contributed by atoms with Gasteiger partial charge in [-0.3, -0.25) is 9.59 Å². The molecule has 0 aromatic rings. The number of hydrogen-bond donors (Lipinski definition) is 0. The normalized spacial score (nSPS) is 10.7. The van der Waals surface area contributed by atoms with Gasteiger partial charge in [0.15, 0.2) is 12.0 Å². The van der Waals surface area contributed by atoms with E-state index < -0.39 is 5.97 Å². The lowest BCUT2D eigenvalue weighted by Crippen LogP contribution is -1.98. The van der Waals surface area contributed by atoms with Gasteiger partial charge in [-0.05, 0) is 13.0 Å². The molecule has 3 heteroatoms. The summed E-state index contributed by atoms with van der Waals surface area (Å²) >= 11 is 0. The quantitative estimate of drug-likeness (QED) is 0.237. The SMILES string of the molecule is C/C=C(/C=O)OC(C)=O. The average Bonchev–Trinajstić information content (AvgIpc) is 1.82. The van der Waals surface area contributed by atoms with E-state index in [2.05, 4.69) is 4.74 Å². The van der Waals surface area contributed by atoms with Gasteiger partial charge in [0.1, 0.15) is 0 Å². The van der Waals surface area contributed by atoms with Crippen molar-refractivity contribution in [3.63, 3.8) is 0 Å². The minimum absolute atomic E-state index is 0.0579. The molecule has 0 N–H and O–H groups in total. The van der Waals surface area contributed by atoms with Crippen LogP contribution >= 0.6 is 0 Å². The van der Waals surface area contributed by atoms with E-state index in [4.69, 9.17) is 0 Å². The highest BCUT2D eigenvalue weighted by atomic mass is 16.5. The molecule has 0 saturated heterocycles. The average molecular weight is 128 g/mol. The van der Waals surface area contributed by atoms with Crippen molar-refractivity contribution in [1.29, 1.82) is 0 Å². The van der Waals surface area contributed by atoms with Crippen LogP contribution in [0.2, 0.25) is 0 Å². The molecule has 0 aliphatic rings. The molecule has 0 atom stereocenters. The highest BCUT2D eigenvalue weighted by molar-refractivity contribution is 5.77. The van der Waals surface area contributed by atoms with E-state index in [0.29, 0.717) is 6.29 Å². The topological polar surface area (TPSA) is 43.4 Å². The Morgan fingerprint density at radius 2 is 2.11 bits per heavy atom. The summed E-state index contributed by atoms with van der Waals surface area (Å²) in [4.78, 5) is 20.1. The Kier molecular flexibility index (Phi) is 3.35. The van der Waals surface area contributed by atoms with Crippen molar-refractivity contribution in [1.82, 2.24) is 0 Å². The van der Waals surface area contributed by atoms with Crippen molar-refractivity contribution in [3.8, 4) is 0 Å². The smallest absolute Gasteiger partial charge is 0.308 e. The lowest BCUT2D eigenvalue weighted by Gasteiger charge is -1.94. The number of aldehydes is 1. The number of esters is 1. The summed E-state index contributed by atoms with van der Waals surface area (Å²) < 4.78 is 4.40. The molecule has 0 aliphatic carbocycles. The summed E-state index contributed by atoms with van der Waals surface area (Å²) in [6, 6.07) is 0. The van der Waals surface area contributed by atoms with Crippen LogP contribution in [0.1, 0.15) is 13.8 Å². The molecule has 0 aromatic carbocycles. The third-order valence-corrected chi connectivity index (χ3v) is 0.662. The number of allylic oxidation sites excluding steroid dienone is 2. The Balaban J connectivity index is 3.86. The summed E-state index contributed by atoms with van der Waals surface area (Å²) in [5, 5.41) is 0. The van der Waals surface area contributed by atoms with Gasteiger partial charge < -0.3 is 4.74 Å². The van der Waals surface area contributed by atoms with Crippen LogP contribution in [0.5, 0.6) is 0 Å². The number of hydrogen-bond acceptors (Lipinski definition) is 3. The fraction of sp³-hybridized carbons (Fsp3) is 0.333. The number of ether oxygens (including phenoxy) is 1. The Hall–Kier alpha value is -1.12. The monoisotopic (exact) mass is 128 g/mol. The maximum absolute atomic E-state index is 10.1. The third-order valence-electron chi connectivity index (χ3n) is 0.662. The first kappa shape index (κ1) is 7.88. The van der Waals surface area contributed by atoms with Gasteiger partial charge in [0.05, 0.1) is 0 Å². The molecule has 0 rings (SSSR count). The third kappa shape index (κ3) is 3.46. The van der Waals surface area contributed by atoms with E-state index in [1.807, 2.05) is 0 Å². The number of carbonyl (C=O) groups excluding carboxylic acids is 2. The first-order chi connectivity index (χ1) is 4.20. The second kappa shape index (κ2) is 3.83. The van der Waals surface area contributed by atoms with Crippen molar-refractivity contribution in [2.75, 3.05) is 0 Å². The lowest BCUT2D eigenvalue weighted by molar-refractivity contribution is -0.138. The Morgan fingerprint density at radius 1 is 1.56 bits per heavy atom. The molecule has 0 fully saturated rings. The molecule has 3 nitrogen and oxygen atoms in total. The van der Waals surface area contributed by atoms with E-state index in [1.165, 1.54) is 13.0 Å². The van der Waals surface area contributed by atoms with Crippen molar-refractivity contribution < 1.29 is 14.3 Å². The molecule has 0 bridgehead atoms. The largest absolute Gasteiger partial charge is 0.424 e. The van der Waals surface area contributed by atoms with E-state index in [1.54, 1.807) is 6.92 Å². The Bertz CT molecular complexity index is 146. The van der Waals surface area contributed by atoms with Gasteiger partial charge in [-0.25, -0.2) is 0 Å². The zero-order valence-corrected chi connectivity index (χ0v) is 5.38. The zero-order valence-electron chi connectivity index (χ0n) is 5.38. The minimum atomic E-state index is -0.477. The summed E-state index contributed by atoms with van der Waals surface area (Å²) in [7, 11) is 0. The highest BCUT2D eigenvalue weighted by Gasteiger charge is 1.95. The van der Waals surface area contributed by atoms with Crippen LogP contribution in [0.25, 0.3) is 0 Å². The van der Waals surface area contributed by atoms with Gasteiger partial charge in [-0.15, -0.1) is 0 Å². The number of rotatable bonds is 2. The molecular weight excluding hydrogens is 120 g/mol. The van der Waals surface area contributed by atoms with Crippen molar-refractivity contribution >= 4 is 12.3 Å². The molecule has 0 spiro atoms. The van der Waals surface area contributed by atoms with E-state index in [0.717, 1.165) is 0 Å². The fourth-order valence-electron chi connectivity index (χ4n) is 0.317. The fourth-order valence-corrected chi connectivity index (χ4v) is 0.317. The van der Waals surface area contributed by atoms with E-state index in [-0.39, 0.29) is 5.76 Å². The molecule has 0 aromatic heterocycles. The van der Waals surface area contributed by atoms with E-state index in [9.17, 15) is 9.59 Å². The van der Waals surface area contributed by atoms with Crippen molar-refractivity contribution in [2.45, 2.75) is 13.8 Å². The first-order valence-electron chi connectivity index (χ1n) is 2.50. The second-order valence-corrected chi connectivity index (χ2v) is 1.40. The first-order valence-corrected chi connectivity index (χ1v) is 2.50. The van der Waals surface area contributed by atoms with Crippen molar-refractivity contribution in [3.05, 3.63) is 11.8 Å². The molecular formula is C6H8O3. The minimum Gasteiger partial charge on any atom is -0.424 e. The number of carbonyl (C=O) groups is 2. The predicted molar refractivity (Wildman–Crippen MR) is 31.6 cm³/mol.